The molecule has 2 aromatic heterocycles. The van der Waals surface area contributed by atoms with E-state index in [9.17, 15) is 4.79 Å². The van der Waals surface area contributed by atoms with Crippen molar-refractivity contribution in [3.05, 3.63) is 41.2 Å². The Balaban J connectivity index is 2.32. The number of pyridine rings is 2. The van der Waals surface area contributed by atoms with E-state index in [0.717, 1.165) is 16.3 Å². The van der Waals surface area contributed by atoms with Crippen LogP contribution in [0.2, 0.25) is 0 Å². The van der Waals surface area contributed by atoms with Gasteiger partial charge in [-0.15, -0.1) is 0 Å². The molecule has 0 radical (unpaired) electrons. The average molecular weight is 289 g/mol. The van der Waals surface area contributed by atoms with E-state index < -0.39 is 5.97 Å². The Hall–Kier alpha value is -2.08. The lowest BCUT2D eigenvalue weighted by Crippen LogP contribution is -2.06. The highest BCUT2D eigenvalue weighted by Crippen LogP contribution is 2.27. The van der Waals surface area contributed by atoms with Crippen molar-refractivity contribution in [3.63, 3.8) is 0 Å². The first kappa shape index (κ1) is 14.3. The number of ether oxygens (including phenoxy) is 1. The lowest BCUT2D eigenvalue weighted by molar-refractivity contribution is 0.0601. The molecule has 2 N–H and O–H groups in total. The zero-order valence-electron chi connectivity index (χ0n) is 11.5. The summed E-state index contributed by atoms with van der Waals surface area (Å²) in [4.78, 5) is 20.2. The molecule has 0 bridgehead atoms. The SMILES string of the molecule is COC(=O)c1cc(Sc2cc(C)cc(C)n2)ncc1N. The lowest BCUT2D eigenvalue weighted by atomic mass is 10.2. The molecule has 0 spiro atoms. The molecule has 2 rings (SSSR count). The summed E-state index contributed by atoms with van der Waals surface area (Å²) in [5.41, 5.74) is 8.40. The van der Waals surface area contributed by atoms with Gasteiger partial charge in [0.15, 0.2) is 0 Å². The molecule has 0 saturated heterocycles. The van der Waals surface area contributed by atoms with Crippen LogP contribution < -0.4 is 5.73 Å². The molecule has 0 aliphatic heterocycles. The first-order valence-electron chi connectivity index (χ1n) is 5.96. The third-order valence-electron chi connectivity index (χ3n) is 2.60. The molecule has 5 nitrogen and oxygen atoms in total. The maximum Gasteiger partial charge on any atom is 0.340 e. The number of anilines is 1. The number of rotatable bonds is 3. The lowest BCUT2D eigenvalue weighted by Gasteiger charge is -2.07. The highest BCUT2D eigenvalue weighted by Gasteiger charge is 2.12. The fourth-order valence-electron chi connectivity index (χ4n) is 1.75. The first-order chi connectivity index (χ1) is 9.49. The Labute approximate surface area is 121 Å². The van der Waals surface area contributed by atoms with Gasteiger partial charge in [0.1, 0.15) is 10.1 Å². The summed E-state index contributed by atoms with van der Waals surface area (Å²) >= 11 is 1.38. The van der Waals surface area contributed by atoms with Crippen LogP contribution in [0.3, 0.4) is 0 Å². The van der Waals surface area contributed by atoms with Gasteiger partial charge in [-0.3, -0.25) is 0 Å². The van der Waals surface area contributed by atoms with E-state index in [0.29, 0.717) is 16.3 Å². The minimum atomic E-state index is -0.472. The van der Waals surface area contributed by atoms with E-state index >= 15 is 0 Å². The number of nitrogens with two attached hydrogens (primary N) is 1. The zero-order valence-corrected chi connectivity index (χ0v) is 12.3. The first-order valence-corrected chi connectivity index (χ1v) is 6.78. The van der Waals surface area contributed by atoms with Gasteiger partial charge in [0.25, 0.3) is 0 Å². The van der Waals surface area contributed by atoms with Gasteiger partial charge in [-0.1, -0.05) is 11.8 Å². The number of methoxy groups -OCH3 is 1. The molecule has 0 aliphatic rings. The van der Waals surface area contributed by atoms with Crippen LogP contribution in [0.5, 0.6) is 0 Å². The van der Waals surface area contributed by atoms with Gasteiger partial charge in [-0.2, -0.15) is 0 Å². The van der Waals surface area contributed by atoms with E-state index in [1.807, 2.05) is 26.0 Å². The number of hydrogen-bond acceptors (Lipinski definition) is 6. The van der Waals surface area contributed by atoms with Crippen LogP contribution in [0.4, 0.5) is 5.69 Å². The summed E-state index contributed by atoms with van der Waals surface area (Å²) in [5.74, 6) is -0.472. The van der Waals surface area contributed by atoms with Gasteiger partial charge in [-0.05, 0) is 37.6 Å². The van der Waals surface area contributed by atoms with Crippen molar-refractivity contribution in [2.24, 2.45) is 0 Å². The third-order valence-corrected chi connectivity index (χ3v) is 3.45. The van der Waals surface area contributed by atoms with Crippen molar-refractivity contribution < 1.29 is 9.53 Å². The Morgan fingerprint density at radius 2 is 2.00 bits per heavy atom. The highest BCUT2D eigenvalue weighted by atomic mass is 32.2. The van der Waals surface area contributed by atoms with Crippen molar-refractivity contribution in [3.8, 4) is 0 Å². The molecule has 0 unspecified atom stereocenters. The summed E-state index contributed by atoms with van der Waals surface area (Å²) in [6, 6.07) is 5.58. The average Bonchev–Trinajstić information content (AvgIpc) is 2.39. The van der Waals surface area contributed by atoms with E-state index in [4.69, 9.17) is 5.73 Å². The van der Waals surface area contributed by atoms with Gasteiger partial charge in [-0.25, -0.2) is 14.8 Å². The van der Waals surface area contributed by atoms with E-state index in [1.54, 1.807) is 6.07 Å². The second-order valence-electron chi connectivity index (χ2n) is 4.33. The number of hydrogen-bond donors (Lipinski definition) is 1. The standard InChI is InChI=1S/C14H15N3O2S/c1-8-4-9(2)17-13(5-8)20-12-6-10(14(18)19-3)11(15)7-16-12/h4-7H,15H2,1-3H3. The van der Waals surface area contributed by atoms with Crippen LogP contribution in [-0.2, 0) is 4.74 Å². The second kappa shape index (κ2) is 5.92. The van der Waals surface area contributed by atoms with Crippen LogP contribution >= 0.6 is 11.8 Å². The van der Waals surface area contributed by atoms with E-state index in [-0.39, 0.29) is 0 Å². The summed E-state index contributed by atoms with van der Waals surface area (Å²) in [7, 11) is 1.32. The number of carbonyl (C=O) groups is 1. The molecule has 0 fully saturated rings. The maximum atomic E-state index is 11.6. The Kier molecular flexibility index (Phi) is 4.24. The Morgan fingerprint density at radius 1 is 1.25 bits per heavy atom. The van der Waals surface area contributed by atoms with Crippen LogP contribution in [0.25, 0.3) is 0 Å². The molecule has 6 heteroatoms. The fraction of sp³-hybridized carbons (Fsp3) is 0.214. The minimum Gasteiger partial charge on any atom is -0.465 e. The van der Waals surface area contributed by atoms with Gasteiger partial charge in [0.2, 0.25) is 0 Å². The molecule has 0 atom stereocenters. The van der Waals surface area contributed by atoms with Gasteiger partial charge in [0.05, 0.1) is 24.6 Å². The Bertz CT molecular complexity index is 639. The number of aromatic nitrogens is 2. The predicted molar refractivity (Wildman–Crippen MR) is 77.8 cm³/mol. The molecule has 0 aromatic carbocycles. The smallest absolute Gasteiger partial charge is 0.340 e. The van der Waals surface area contributed by atoms with Gasteiger partial charge >= 0.3 is 5.97 Å². The number of nitrogen functional groups attached to an aromatic ring is 1. The summed E-state index contributed by atoms with van der Waals surface area (Å²) in [6.45, 7) is 3.95. The van der Waals surface area contributed by atoms with E-state index in [1.165, 1.54) is 25.1 Å². The van der Waals surface area contributed by atoms with Gasteiger partial charge in [0, 0.05) is 5.69 Å². The molecule has 104 valence electrons. The number of esters is 1. The summed E-state index contributed by atoms with van der Waals surface area (Å²) < 4.78 is 4.69. The van der Waals surface area contributed by atoms with Crippen LogP contribution in [0, 0.1) is 13.8 Å². The van der Waals surface area contributed by atoms with Crippen LogP contribution in [0.15, 0.2) is 34.4 Å². The molecule has 20 heavy (non-hydrogen) atoms. The maximum absolute atomic E-state index is 11.6. The van der Waals surface area contributed by atoms with Crippen molar-refractivity contribution in [1.29, 1.82) is 0 Å². The number of carbonyl (C=O) groups excluding carboxylic acids is 1. The molecule has 0 aliphatic carbocycles. The number of aryl methyl sites for hydroxylation is 2. The predicted octanol–water partition coefficient (Wildman–Crippen LogP) is 2.61. The second-order valence-corrected chi connectivity index (χ2v) is 5.37. The summed E-state index contributed by atoms with van der Waals surface area (Å²) in [5, 5.41) is 1.48. The number of nitrogens with zero attached hydrogens (tertiary/aromatic N) is 2. The minimum absolute atomic E-state index is 0.301. The molecule has 0 amide bonds. The van der Waals surface area contributed by atoms with Crippen molar-refractivity contribution in [2.75, 3.05) is 12.8 Å². The molecule has 2 heterocycles. The molecule has 0 saturated carbocycles. The molecule has 2 aromatic rings. The van der Waals surface area contributed by atoms with Crippen LogP contribution in [0.1, 0.15) is 21.6 Å². The molecular weight excluding hydrogens is 274 g/mol. The van der Waals surface area contributed by atoms with Crippen LogP contribution in [-0.4, -0.2) is 23.0 Å². The molecular formula is C14H15N3O2S. The highest BCUT2D eigenvalue weighted by molar-refractivity contribution is 7.99. The quantitative estimate of drug-likeness (QED) is 0.875. The fourth-order valence-corrected chi connectivity index (χ4v) is 2.68. The summed E-state index contributed by atoms with van der Waals surface area (Å²) in [6.07, 6.45) is 1.46. The normalized spacial score (nSPS) is 10.3. The van der Waals surface area contributed by atoms with E-state index in [2.05, 4.69) is 14.7 Å². The van der Waals surface area contributed by atoms with Crippen molar-refractivity contribution in [2.45, 2.75) is 23.9 Å². The topological polar surface area (TPSA) is 78.1 Å². The third kappa shape index (κ3) is 3.27. The monoisotopic (exact) mass is 289 g/mol. The van der Waals surface area contributed by atoms with Gasteiger partial charge < -0.3 is 10.5 Å². The Morgan fingerprint density at radius 3 is 2.65 bits per heavy atom. The van der Waals surface area contributed by atoms with Crippen molar-refractivity contribution >= 4 is 23.4 Å². The largest absolute Gasteiger partial charge is 0.465 e. The van der Waals surface area contributed by atoms with Crippen molar-refractivity contribution in [1.82, 2.24) is 9.97 Å². The zero-order chi connectivity index (χ0) is 14.7.